The first kappa shape index (κ1) is 15.9. The van der Waals surface area contributed by atoms with Crippen LogP contribution >= 0.6 is 12.2 Å². The van der Waals surface area contributed by atoms with Crippen molar-refractivity contribution in [2.24, 2.45) is 5.73 Å². The van der Waals surface area contributed by atoms with Gasteiger partial charge in [0.2, 0.25) is 10.0 Å². The molecular formula is C11H14F2N2O2S2. The standard InChI is InChI=1S/C11H14F2N2O2S2/c1-2-15(6-5-11(14)18)19(16,17)8-3-4-9(12)10(13)7-8/h3-4,7H,2,5-6H2,1H3,(H2,14,18). The number of sulfonamides is 1. The Kier molecular flexibility index (Phi) is 5.33. The van der Waals surface area contributed by atoms with Gasteiger partial charge in [0.05, 0.1) is 9.88 Å². The molecule has 0 saturated heterocycles. The summed E-state index contributed by atoms with van der Waals surface area (Å²) < 4.78 is 51.4. The minimum absolute atomic E-state index is 0.104. The van der Waals surface area contributed by atoms with E-state index in [0.717, 1.165) is 16.4 Å². The number of rotatable bonds is 6. The molecule has 0 amide bonds. The number of hydrogen-bond donors (Lipinski definition) is 1. The maximum atomic E-state index is 13.1. The molecule has 0 aromatic heterocycles. The topological polar surface area (TPSA) is 63.4 Å². The third-order valence-corrected chi connectivity index (χ3v) is 4.66. The molecular weight excluding hydrogens is 294 g/mol. The quantitative estimate of drug-likeness (QED) is 0.812. The van der Waals surface area contributed by atoms with E-state index >= 15 is 0 Å². The van der Waals surface area contributed by atoms with E-state index in [1.807, 2.05) is 0 Å². The molecule has 0 unspecified atom stereocenters. The minimum Gasteiger partial charge on any atom is -0.393 e. The summed E-state index contributed by atoms with van der Waals surface area (Å²) in [6.45, 7) is 1.92. The van der Waals surface area contributed by atoms with Gasteiger partial charge in [-0.2, -0.15) is 4.31 Å². The lowest BCUT2D eigenvalue weighted by Gasteiger charge is -2.20. The third kappa shape index (κ3) is 3.92. The van der Waals surface area contributed by atoms with Gasteiger partial charge in [-0.1, -0.05) is 19.1 Å². The zero-order valence-corrected chi connectivity index (χ0v) is 11.9. The Bertz CT molecular complexity index is 576. The molecule has 106 valence electrons. The summed E-state index contributed by atoms with van der Waals surface area (Å²) in [6.07, 6.45) is 0.228. The van der Waals surface area contributed by atoms with Crippen molar-refractivity contribution in [3.05, 3.63) is 29.8 Å². The van der Waals surface area contributed by atoms with Gasteiger partial charge in [0.25, 0.3) is 0 Å². The van der Waals surface area contributed by atoms with Crippen LogP contribution in [0.3, 0.4) is 0 Å². The summed E-state index contributed by atoms with van der Waals surface area (Å²) in [6, 6.07) is 2.47. The van der Waals surface area contributed by atoms with E-state index in [9.17, 15) is 17.2 Å². The molecule has 0 aliphatic carbocycles. The molecule has 8 heteroatoms. The summed E-state index contributed by atoms with van der Waals surface area (Å²) in [4.78, 5) is -0.102. The summed E-state index contributed by atoms with van der Waals surface area (Å²) in [5.41, 5.74) is 5.32. The molecule has 0 saturated carbocycles. The SMILES string of the molecule is CCN(CCC(N)=S)S(=O)(=O)c1ccc(F)c(F)c1. The maximum absolute atomic E-state index is 13.1. The van der Waals surface area contributed by atoms with Gasteiger partial charge in [0, 0.05) is 19.5 Å². The van der Waals surface area contributed by atoms with E-state index in [2.05, 4.69) is 12.2 Å². The highest BCUT2D eigenvalue weighted by Gasteiger charge is 2.24. The minimum atomic E-state index is -3.87. The van der Waals surface area contributed by atoms with Gasteiger partial charge >= 0.3 is 0 Å². The highest BCUT2D eigenvalue weighted by molar-refractivity contribution is 7.89. The lowest BCUT2D eigenvalue weighted by atomic mass is 10.3. The van der Waals surface area contributed by atoms with E-state index in [1.54, 1.807) is 6.92 Å². The molecule has 0 fully saturated rings. The normalized spacial score (nSPS) is 11.8. The van der Waals surface area contributed by atoms with Crippen LogP contribution in [0.2, 0.25) is 0 Å². The highest BCUT2D eigenvalue weighted by atomic mass is 32.2. The number of hydrogen-bond acceptors (Lipinski definition) is 3. The fourth-order valence-electron chi connectivity index (χ4n) is 1.47. The van der Waals surface area contributed by atoms with Gasteiger partial charge < -0.3 is 5.73 Å². The van der Waals surface area contributed by atoms with Crippen molar-refractivity contribution in [1.82, 2.24) is 4.31 Å². The average Bonchev–Trinajstić information content (AvgIpc) is 2.32. The van der Waals surface area contributed by atoms with Crippen molar-refractivity contribution in [2.45, 2.75) is 18.2 Å². The third-order valence-electron chi connectivity index (χ3n) is 2.49. The van der Waals surface area contributed by atoms with E-state index in [0.29, 0.717) is 6.07 Å². The average molecular weight is 308 g/mol. The lowest BCUT2D eigenvalue weighted by molar-refractivity contribution is 0.435. The summed E-state index contributed by atoms with van der Waals surface area (Å²) >= 11 is 4.69. The fourth-order valence-corrected chi connectivity index (χ4v) is 3.02. The molecule has 1 rings (SSSR count). The van der Waals surface area contributed by atoms with Crippen LogP contribution < -0.4 is 5.73 Å². The largest absolute Gasteiger partial charge is 0.393 e. The smallest absolute Gasteiger partial charge is 0.243 e. The Labute approximate surface area is 116 Å². The van der Waals surface area contributed by atoms with E-state index in [1.165, 1.54) is 0 Å². The Balaban J connectivity index is 3.06. The van der Waals surface area contributed by atoms with Crippen molar-refractivity contribution >= 4 is 27.2 Å². The van der Waals surface area contributed by atoms with Crippen molar-refractivity contribution < 1.29 is 17.2 Å². The summed E-state index contributed by atoms with van der Waals surface area (Å²) in [5, 5.41) is 0. The highest BCUT2D eigenvalue weighted by Crippen LogP contribution is 2.18. The second-order valence-electron chi connectivity index (χ2n) is 3.79. The van der Waals surface area contributed by atoms with E-state index < -0.39 is 21.7 Å². The molecule has 19 heavy (non-hydrogen) atoms. The Morgan fingerprint density at radius 3 is 2.47 bits per heavy atom. The number of thiocarbonyl (C=S) groups is 1. The van der Waals surface area contributed by atoms with Crippen molar-refractivity contribution in [3.63, 3.8) is 0 Å². The second-order valence-corrected chi connectivity index (χ2v) is 6.25. The molecule has 0 spiro atoms. The Morgan fingerprint density at radius 2 is 2.00 bits per heavy atom. The zero-order chi connectivity index (χ0) is 14.6. The molecule has 0 aliphatic heterocycles. The van der Waals surface area contributed by atoms with Crippen LogP contribution in [0.4, 0.5) is 8.78 Å². The van der Waals surface area contributed by atoms with Gasteiger partial charge in [-0.3, -0.25) is 0 Å². The van der Waals surface area contributed by atoms with Crippen LogP contribution in [-0.4, -0.2) is 30.8 Å². The van der Waals surface area contributed by atoms with Gasteiger partial charge in [-0.15, -0.1) is 0 Å². The van der Waals surface area contributed by atoms with Crippen LogP contribution in [0.5, 0.6) is 0 Å². The number of nitrogens with zero attached hydrogens (tertiary/aromatic N) is 1. The van der Waals surface area contributed by atoms with Gasteiger partial charge in [-0.05, 0) is 18.2 Å². The molecule has 1 aromatic carbocycles. The molecule has 4 nitrogen and oxygen atoms in total. The van der Waals surface area contributed by atoms with Crippen LogP contribution in [0.1, 0.15) is 13.3 Å². The first-order valence-corrected chi connectivity index (χ1v) is 7.37. The number of halogens is 2. The molecule has 0 atom stereocenters. The molecule has 0 bridgehead atoms. The summed E-state index contributed by atoms with van der Waals surface area (Å²) in [7, 11) is -3.87. The fraction of sp³-hybridized carbons (Fsp3) is 0.364. The molecule has 0 radical (unpaired) electrons. The second kappa shape index (κ2) is 6.36. The van der Waals surface area contributed by atoms with Crippen LogP contribution in [0.15, 0.2) is 23.1 Å². The maximum Gasteiger partial charge on any atom is 0.243 e. The first-order valence-electron chi connectivity index (χ1n) is 5.52. The van der Waals surface area contributed by atoms with Crippen LogP contribution in [0.25, 0.3) is 0 Å². The van der Waals surface area contributed by atoms with E-state index in [4.69, 9.17) is 5.73 Å². The van der Waals surface area contributed by atoms with Gasteiger partial charge in [0.15, 0.2) is 11.6 Å². The monoisotopic (exact) mass is 308 g/mol. The molecule has 0 aliphatic rings. The lowest BCUT2D eigenvalue weighted by Crippen LogP contribution is -2.33. The van der Waals surface area contributed by atoms with Crippen LogP contribution in [-0.2, 0) is 10.0 Å². The van der Waals surface area contributed by atoms with Crippen LogP contribution in [0, 0.1) is 11.6 Å². The van der Waals surface area contributed by atoms with Crippen molar-refractivity contribution in [3.8, 4) is 0 Å². The number of nitrogens with two attached hydrogens (primary N) is 1. The van der Waals surface area contributed by atoms with Crippen molar-refractivity contribution in [2.75, 3.05) is 13.1 Å². The molecule has 1 aromatic rings. The first-order chi connectivity index (χ1) is 8.78. The van der Waals surface area contributed by atoms with Gasteiger partial charge in [-0.25, -0.2) is 17.2 Å². The Morgan fingerprint density at radius 1 is 1.37 bits per heavy atom. The number of benzene rings is 1. The van der Waals surface area contributed by atoms with E-state index in [-0.39, 0.29) is 29.4 Å². The molecule has 2 N–H and O–H groups in total. The van der Waals surface area contributed by atoms with Gasteiger partial charge in [0.1, 0.15) is 0 Å². The molecule has 0 heterocycles. The Hall–Kier alpha value is -1.12. The summed E-state index contributed by atoms with van der Waals surface area (Å²) in [5.74, 6) is -2.29. The zero-order valence-electron chi connectivity index (χ0n) is 10.3. The predicted octanol–water partition coefficient (Wildman–Crippen LogP) is 1.65. The van der Waals surface area contributed by atoms with Crippen molar-refractivity contribution in [1.29, 1.82) is 0 Å². The predicted molar refractivity (Wildman–Crippen MR) is 72.2 cm³/mol.